The van der Waals surface area contributed by atoms with E-state index in [0.717, 1.165) is 22.6 Å². The van der Waals surface area contributed by atoms with Gasteiger partial charge in [-0.1, -0.05) is 32.0 Å². The lowest BCUT2D eigenvalue weighted by atomic mass is 10.2. The fraction of sp³-hybridized carbons (Fsp3) is 0.350. The quantitative estimate of drug-likeness (QED) is 0.492. The van der Waals surface area contributed by atoms with Crippen LogP contribution in [0.5, 0.6) is 0 Å². The molecule has 0 radical (unpaired) electrons. The van der Waals surface area contributed by atoms with E-state index >= 15 is 0 Å². The van der Waals surface area contributed by atoms with Crippen molar-refractivity contribution in [1.82, 2.24) is 15.3 Å². The van der Waals surface area contributed by atoms with Crippen LogP contribution in [0, 0.1) is 26.7 Å². The summed E-state index contributed by atoms with van der Waals surface area (Å²) in [7, 11) is 0. The first-order valence-electron chi connectivity index (χ1n) is 8.67. The summed E-state index contributed by atoms with van der Waals surface area (Å²) in [6, 6.07) is 10.1. The minimum absolute atomic E-state index is 0.280. The topological polar surface area (TPSA) is 75.5 Å². The molecule has 0 aliphatic rings. The Morgan fingerprint density at radius 1 is 1.15 bits per heavy atom. The highest BCUT2D eigenvalue weighted by Crippen LogP contribution is 2.22. The van der Waals surface area contributed by atoms with Crippen LogP contribution in [-0.2, 0) is 9.59 Å². The molecule has 1 heterocycles. The standard InChI is InChI=1S/C20H26N4O2/c1-13(2)11-21-19(25)20(26)23-22-12-17-10-15(4)24(16(17)5)18-9-7-6-8-14(18)3/h6-10,12-13H,11H2,1-5H3,(H,21,25)(H,23,26)/b22-12-. The molecule has 6 heteroatoms. The first-order valence-corrected chi connectivity index (χ1v) is 8.67. The molecule has 6 nitrogen and oxygen atoms in total. The molecule has 0 bridgehead atoms. The van der Waals surface area contributed by atoms with Gasteiger partial charge in [0.15, 0.2) is 0 Å². The third-order valence-corrected chi connectivity index (χ3v) is 4.07. The van der Waals surface area contributed by atoms with Crippen LogP contribution in [0.2, 0.25) is 0 Å². The monoisotopic (exact) mass is 354 g/mol. The van der Waals surface area contributed by atoms with Crippen LogP contribution in [0.4, 0.5) is 0 Å². The molecule has 0 atom stereocenters. The molecule has 2 rings (SSSR count). The van der Waals surface area contributed by atoms with Gasteiger partial charge in [-0.15, -0.1) is 0 Å². The van der Waals surface area contributed by atoms with E-state index in [1.54, 1.807) is 6.21 Å². The predicted molar refractivity (Wildman–Crippen MR) is 104 cm³/mol. The molecule has 0 aliphatic heterocycles. The van der Waals surface area contributed by atoms with Crippen molar-refractivity contribution in [2.24, 2.45) is 11.0 Å². The number of carbonyl (C=O) groups is 2. The number of nitrogens with zero attached hydrogens (tertiary/aromatic N) is 2. The van der Waals surface area contributed by atoms with Gasteiger partial charge in [-0.05, 0) is 44.4 Å². The number of aryl methyl sites for hydroxylation is 2. The number of para-hydroxylation sites is 1. The maximum Gasteiger partial charge on any atom is 0.329 e. The fourth-order valence-electron chi connectivity index (χ4n) is 2.69. The third kappa shape index (κ3) is 4.59. The first kappa shape index (κ1) is 19.4. The van der Waals surface area contributed by atoms with Crippen molar-refractivity contribution in [3.05, 3.63) is 52.8 Å². The van der Waals surface area contributed by atoms with Crippen LogP contribution >= 0.6 is 0 Å². The highest BCUT2D eigenvalue weighted by molar-refractivity contribution is 6.35. The van der Waals surface area contributed by atoms with Crippen molar-refractivity contribution in [2.45, 2.75) is 34.6 Å². The SMILES string of the molecule is Cc1ccccc1-n1c(C)cc(/C=N\NC(=O)C(=O)NCC(C)C)c1C. The Morgan fingerprint density at radius 2 is 1.85 bits per heavy atom. The lowest BCUT2D eigenvalue weighted by Crippen LogP contribution is -2.39. The van der Waals surface area contributed by atoms with Gasteiger partial charge in [0.05, 0.1) is 6.21 Å². The zero-order chi connectivity index (χ0) is 19.3. The van der Waals surface area contributed by atoms with Gasteiger partial charge in [0.1, 0.15) is 0 Å². The second-order valence-electron chi connectivity index (χ2n) is 6.75. The molecule has 138 valence electrons. The molecule has 0 spiro atoms. The lowest BCUT2D eigenvalue weighted by Gasteiger charge is -2.12. The Morgan fingerprint density at radius 3 is 2.50 bits per heavy atom. The first-order chi connectivity index (χ1) is 12.3. The van der Waals surface area contributed by atoms with Crippen molar-refractivity contribution in [3.8, 4) is 5.69 Å². The van der Waals surface area contributed by atoms with E-state index in [-0.39, 0.29) is 5.92 Å². The summed E-state index contributed by atoms with van der Waals surface area (Å²) < 4.78 is 2.15. The zero-order valence-electron chi connectivity index (χ0n) is 16.0. The molecule has 0 unspecified atom stereocenters. The molecule has 0 saturated heterocycles. The highest BCUT2D eigenvalue weighted by atomic mass is 16.2. The smallest absolute Gasteiger partial charge is 0.329 e. The number of nitrogens with one attached hydrogen (secondary N) is 2. The molecule has 1 aromatic heterocycles. The number of hydrazone groups is 1. The van der Waals surface area contributed by atoms with E-state index in [0.29, 0.717) is 6.54 Å². The number of rotatable bonds is 5. The van der Waals surface area contributed by atoms with Crippen LogP contribution in [0.3, 0.4) is 0 Å². The Kier molecular flexibility index (Phi) is 6.33. The van der Waals surface area contributed by atoms with Crippen molar-refractivity contribution in [3.63, 3.8) is 0 Å². The summed E-state index contributed by atoms with van der Waals surface area (Å²) in [6.45, 7) is 10.5. The number of carbonyl (C=O) groups excluding carboxylic acids is 2. The predicted octanol–water partition coefficient (Wildman–Crippen LogP) is 2.62. The highest BCUT2D eigenvalue weighted by Gasteiger charge is 2.13. The van der Waals surface area contributed by atoms with E-state index in [2.05, 4.69) is 39.5 Å². The number of amides is 2. The van der Waals surface area contributed by atoms with Crippen molar-refractivity contribution < 1.29 is 9.59 Å². The fourth-order valence-corrected chi connectivity index (χ4v) is 2.69. The summed E-state index contributed by atoms with van der Waals surface area (Å²) >= 11 is 0. The number of benzene rings is 1. The Labute approximate surface area is 154 Å². The van der Waals surface area contributed by atoms with E-state index in [1.165, 1.54) is 5.56 Å². The van der Waals surface area contributed by atoms with Gasteiger partial charge in [-0.3, -0.25) is 9.59 Å². The number of hydrogen-bond donors (Lipinski definition) is 2. The molecule has 0 aliphatic carbocycles. The zero-order valence-corrected chi connectivity index (χ0v) is 16.0. The molecule has 2 aromatic rings. The van der Waals surface area contributed by atoms with E-state index in [9.17, 15) is 9.59 Å². The van der Waals surface area contributed by atoms with Crippen LogP contribution < -0.4 is 10.7 Å². The molecular formula is C20H26N4O2. The summed E-state index contributed by atoms with van der Waals surface area (Å²) in [6.07, 6.45) is 1.56. The van der Waals surface area contributed by atoms with Gasteiger partial charge in [-0.25, -0.2) is 5.43 Å². The van der Waals surface area contributed by atoms with E-state index in [4.69, 9.17) is 0 Å². The molecule has 2 amide bonds. The molecule has 0 fully saturated rings. The van der Waals surface area contributed by atoms with Gasteiger partial charge < -0.3 is 9.88 Å². The summed E-state index contributed by atoms with van der Waals surface area (Å²) in [5, 5.41) is 6.48. The van der Waals surface area contributed by atoms with Gasteiger partial charge in [-0.2, -0.15) is 5.10 Å². The second kappa shape index (κ2) is 8.47. The Hall–Kier alpha value is -2.89. The largest absolute Gasteiger partial charge is 0.348 e. The number of hydrogen-bond acceptors (Lipinski definition) is 3. The van der Waals surface area contributed by atoms with Crippen LogP contribution in [0.1, 0.15) is 36.4 Å². The Balaban J connectivity index is 2.10. The van der Waals surface area contributed by atoms with Gasteiger partial charge in [0, 0.05) is 29.2 Å². The van der Waals surface area contributed by atoms with Crippen LogP contribution in [0.15, 0.2) is 35.4 Å². The van der Waals surface area contributed by atoms with Crippen LogP contribution in [0.25, 0.3) is 5.69 Å². The molecule has 1 aromatic carbocycles. The maximum atomic E-state index is 11.7. The van der Waals surface area contributed by atoms with Gasteiger partial charge >= 0.3 is 11.8 Å². The minimum Gasteiger partial charge on any atom is -0.348 e. The van der Waals surface area contributed by atoms with Crippen LogP contribution in [-0.4, -0.2) is 29.1 Å². The Bertz CT molecular complexity index is 834. The van der Waals surface area contributed by atoms with Gasteiger partial charge in [0.25, 0.3) is 0 Å². The van der Waals surface area contributed by atoms with E-state index < -0.39 is 11.8 Å². The minimum atomic E-state index is -0.769. The molecule has 0 saturated carbocycles. The summed E-state index contributed by atoms with van der Waals surface area (Å²) in [5.41, 5.74) is 7.52. The van der Waals surface area contributed by atoms with Crippen molar-refractivity contribution >= 4 is 18.0 Å². The number of aromatic nitrogens is 1. The summed E-state index contributed by atoms with van der Waals surface area (Å²) in [5.74, 6) is -1.17. The molecule has 2 N–H and O–H groups in total. The average molecular weight is 354 g/mol. The summed E-state index contributed by atoms with van der Waals surface area (Å²) in [4.78, 5) is 23.4. The molecule has 26 heavy (non-hydrogen) atoms. The lowest BCUT2D eigenvalue weighted by molar-refractivity contribution is -0.139. The molecular weight excluding hydrogens is 328 g/mol. The third-order valence-electron chi connectivity index (χ3n) is 4.07. The van der Waals surface area contributed by atoms with E-state index in [1.807, 2.05) is 45.9 Å². The van der Waals surface area contributed by atoms with Crippen molar-refractivity contribution in [2.75, 3.05) is 6.54 Å². The van der Waals surface area contributed by atoms with Crippen molar-refractivity contribution in [1.29, 1.82) is 0 Å². The van der Waals surface area contributed by atoms with Gasteiger partial charge in [0.2, 0.25) is 0 Å². The maximum absolute atomic E-state index is 11.7. The average Bonchev–Trinajstić information content (AvgIpc) is 2.87. The second-order valence-corrected chi connectivity index (χ2v) is 6.75. The normalized spacial score (nSPS) is 11.2.